The van der Waals surface area contributed by atoms with Crippen LogP contribution in [0.1, 0.15) is 62.1 Å². The van der Waals surface area contributed by atoms with Gasteiger partial charge in [0.15, 0.2) is 0 Å². The normalized spacial score (nSPS) is 12.4. The molecule has 0 bridgehead atoms. The van der Waals surface area contributed by atoms with Crippen LogP contribution in [-0.2, 0) is 12.8 Å². The largest absolute Gasteiger partial charge is 0.139 e. The molecule has 5 rings (SSSR count). The Labute approximate surface area is 182 Å². The monoisotopic (exact) mass is 442 g/mol. The van der Waals surface area contributed by atoms with Crippen molar-refractivity contribution in [3.63, 3.8) is 0 Å². The summed E-state index contributed by atoms with van der Waals surface area (Å²) in [5, 5.41) is 2.96. The van der Waals surface area contributed by atoms with Gasteiger partial charge in [0.25, 0.3) is 0 Å². The third-order valence-corrected chi connectivity index (χ3v) is 10.5. The van der Waals surface area contributed by atoms with E-state index in [0.29, 0.717) is 0 Å². The Morgan fingerprint density at radius 2 is 1.07 bits per heavy atom. The fraction of sp³-hybridized carbons (Fsp3) is 0.417. The molecule has 0 aliphatic heterocycles. The van der Waals surface area contributed by atoms with Crippen LogP contribution in [0.2, 0.25) is 0 Å². The van der Waals surface area contributed by atoms with Crippen LogP contribution < -0.4 is 0 Å². The molecule has 0 N–H and O–H groups in total. The Morgan fingerprint density at radius 3 is 1.61 bits per heavy atom. The molecular weight excluding hydrogens is 417 g/mol. The van der Waals surface area contributed by atoms with Crippen LogP contribution in [0.3, 0.4) is 0 Å². The number of thiophene rings is 4. The summed E-state index contributed by atoms with van der Waals surface area (Å²) >= 11 is 8.04. The van der Waals surface area contributed by atoms with Crippen molar-refractivity contribution in [2.24, 2.45) is 0 Å². The Morgan fingerprint density at radius 1 is 0.536 bits per heavy atom. The second kappa shape index (κ2) is 8.06. The maximum atomic E-state index is 2.48. The van der Waals surface area contributed by atoms with Crippen molar-refractivity contribution in [1.29, 1.82) is 0 Å². The zero-order chi connectivity index (χ0) is 19.1. The van der Waals surface area contributed by atoms with Crippen molar-refractivity contribution in [2.45, 2.75) is 65.2 Å². The molecule has 4 aromatic heterocycles. The first-order chi connectivity index (χ1) is 13.8. The average Bonchev–Trinajstić information content (AvgIpc) is 3.41. The predicted octanol–water partition coefficient (Wildman–Crippen LogP) is 10.0. The van der Waals surface area contributed by atoms with Gasteiger partial charge in [-0.25, -0.2) is 0 Å². The molecule has 1 aromatic carbocycles. The number of fused-ring (bicyclic) bond motifs is 6. The van der Waals surface area contributed by atoms with Gasteiger partial charge in [0.1, 0.15) is 0 Å². The second-order valence-corrected chi connectivity index (χ2v) is 12.2. The van der Waals surface area contributed by atoms with Gasteiger partial charge in [0.2, 0.25) is 0 Å². The molecule has 4 heteroatoms. The highest BCUT2D eigenvalue weighted by Gasteiger charge is 2.15. The smallest absolute Gasteiger partial charge is 0.0532 e. The lowest BCUT2D eigenvalue weighted by atomic mass is 10.1. The van der Waals surface area contributed by atoms with Crippen LogP contribution in [0.25, 0.3) is 39.0 Å². The minimum absolute atomic E-state index is 1.24. The second-order valence-electron chi connectivity index (χ2n) is 7.78. The molecule has 0 amide bonds. The molecule has 146 valence electrons. The van der Waals surface area contributed by atoms with Crippen molar-refractivity contribution >= 4 is 84.3 Å². The van der Waals surface area contributed by atoms with Crippen molar-refractivity contribution in [3.8, 4) is 0 Å². The van der Waals surface area contributed by atoms with Gasteiger partial charge in [-0.05, 0) is 49.9 Å². The van der Waals surface area contributed by atoms with E-state index in [1.54, 1.807) is 9.75 Å². The first-order valence-electron chi connectivity index (χ1n) is 10.6. The van der Waals surface area contributed by atoms with Crippen LogP contribution in [0.15, 0.2) is 24.3 Å². The summed E-state index contributed by atoms with van der Waals surface area (Å²) in [6, 6.07) is 9.86. The van der Waals surface area contributed by atoms with Crippen molar-refractivity contribution < 1.29 is 0 Å². The average molecular weight is 443 g/mol. The van der Waals surface area contributed by atoms with Crippen LogP contribution in [0.4, 0.5) is 0 Å². The van der Waals surface area contributed by atoms with E-state index in [-0.39, 0.29) is 0 Å². The summed E-state index contributed by atoms with van der Waals surface area (Å²) in [7, 11) is 0. The maximum Gasteiger partial charge on any atom is 0.0532 e. The van der Waals surface area contributed by atoms with Crippen LogP contribution in [0.5, 0.6) is 0 Å². The minimum Gasteiger partial charge on any atom is -0.139 e. The van der Waals surface area contributed by atoms with Crippen LogP contribution in [0, 0.1) is 0 Å². The summed E-state index contributed by atoms with van der Waals surface area (Å²) < 4.78 is 8.95. The van der Waals surface area contributed by atoms with Crippen molar-refractivity contribution in [2.75, 3.05) is 0 Å². The van der Waals surface area contributed by atoms with Crippen molar-refractivity contribution in [3.05, 3.63) is 34.0 Å². The molecule has 0 unspecified atom stereocenters. The third kappa shape index (κ3) is 3.43. The highest BCUT2D eigenvalue weighted by Crippen LogP contribution is 2.46. The van der Waals surface area contributed by atoms with Gasteiger partial charge < -0.3 is 0 Å². The lowest BCUT2D eigenvalue weighted by molar-refractivity contribution is 0.670. The Hall–Kier alpha value is -0.940. The van der Waals surface area contributed by atoms with Gasteiger partial charge in [-0.1, -0.05) is 39.5 Å². The molecule has 0 saturated carbocycles. The van der Waals surface area contributed by atoms with E-state index in [1.807, 2.05) is 45.3 Å². The Balaban J connectivity index is 1.51. The van der Waals surface area contributed by atoms with E-state index in [4.69, 9.17) is 0 Å². The lowest BCUT2D eigenvalue weighted by Gasteiger charge is -1.97. The maximum absolute atomic E-state index is 2.48. The van der Waals surface area contributed by atoms with Crippen LogP contribution in [-0.4, -0.2) is 0 Å². The molecule has 0 atom stereocenters. The number of unbranched alkanes of at least 4 members (excludes halogenated alkanes) is 4. The fourth-order valence-corrected chi connectivity index (χ4v) is 9.22. The van der Waals surface area contributed by atoms with E-state index >= 15 is 0 Å². The topological polar surface area (TPSA) is 0 Å². The zero-order valence-corrected chi connectivity index (χ0v) is 19.9. The van der Waals surface area contributed by atoms with Gasteiger partial charge in [-0.2, -0.15) is 0 Å². The molecule has 0 fully saturated rings. The van der Waals surface area contributed by atoms with Crippen LogP contribution >= 0.6 is 45.3 Å². The summed E-state index contributed by atoms with van der Waals surface area (Å²) in [4.78, 5) is 3.14. The Kier molecular flexibility index (Phi) is 5.48. The van der Waals surface area contributed by atoms with Gasteiger partial charge in [0, 0.05) is 39.3 Å². The fourth-order valence-electron chi connectivity index (χ4n) is 4.02. The Bertz CT molecular complexity index is 1240. The molecule has 0 spiro atoms. The van der Waals surface area contributed by atoms with Gasteiger partial charge >= 0.3 is 0 Å². The summed E-state index contributed by atoms with van der Waals surface area (Å²) in [5.41, 5.74) is 0. The summed E-state index contributed by atoms with van der Waals surface area (Å²) in [5.74, 6) is 0. The van der Waals surface area contributed by atoms with Gasteiger partial charge in [0.05, 0.1) is 9.40 Å². The number of hydrogen-bond acceptors (Lipinski definition) is 4. The lowest BCUT2D eigenvalue weighted by Crippen LogP contribution is -1.80. The van der Waals surface area contributed by atoms with Crippen molar-refractivity contribution in [1.82, 2.24) is 0 Å². The van der Waals surface area contributed by atoms with E-state index < -0.39 is 0 Å². The molecule has 0 radical (unpaired) electrons. The molecule has 4 heterocycles. The number of benzene rings is 1. The number of hydrogen-bond donors (Lipinski definition) is 0. The molecule has 0 nitrogen and oxygen atoms in total. The highest BCUT2D eigenvalue weighted by atomic mass is 32.1. The molecule has 0 aliphatic carbocycles. The summed E-state index contributed by atoms with van der Waals surface area (Å²) in [6.07, 6.45) is 10.5. The van der Waals surface area contributed by atoms with Gasteiger partial charge in [-0.15, -0.1) is 45.3 Å². The van der Waals surface area contributed by atoms with E-state index in [0.717, 1.165) is 0 Å². The zero-order valence-electron chi connectivity index (χ0n) is 16.6. The highest BCUT2D eigenvalue weighted by molar-refractivity contribution is 7.34. The predicted molar refractivity (Wildman–Crippen MR) is 134 cm³/mol. The first kappa shape index (κ1) is 19.0. The minimum atomic E-state index is 1.24. The molecule has 5 aromatic rings. The van der Waals surface area contributed by atoms with Gasteiger partial charge in [-0.3, -0.25) is 0 Å². The number of aryl methyl sites for hydroxylation is 2. The standard InChI is InChI=1S/C24H26S4/c1-3-5-7-8-10-16-12-22-24(26-16)18-14-19-17(13-20(18)28-22)23-21(27-19)11-15(25-23)9-6-4-2/h11-14H,3-10H2,1-2H3. The quantitative estimate of drug-likeness (QED) is 0.210. The SMILES string of the molecule is CCCCCCc1cc2sc3cc4c(cc3c2s1)sc1cc(CCCC)sc14. The summed E-state index contributed by atoms with van der Waals surface area (Å²) in [6.45, 7) is 4.57. The number of rotatable bonds is 8. The molecule has 0 saturated heterocycles. The van der Waals surface area contributed by atoms with E-state index in [1.165, 1.54) is 90.3 Å². The third-order valence-electron chi connectivity index (χ3n) is 5.56. The molecule has 28 heavy (non-hydrogen) atoms. The van der Waals surface area contributed by atoms with E-state index in [2.05, 4.69) is 38.1 Å². The van der Waals surface area contributed by atoms with E-state index in [9.17, 15) is 0 Å². The first-order valence-corrected chi connectivity index (χ1v) is 13.8. The molecular formula is C24H26S4. The molecule has 0 aliphatic rings.